The average Bonchev–Trinajstić information content (AvgIpc) is 3.33. The van der Waals surface area contributed by atoms with Gasteiger partial charge in [0, 0.05) is 18.7 Å². The molecule has 0 radical (unpaired) electrons. The number of thiazole rings is 1. The number of hydrogen-bond donors (Lipinski definition) is 0. The molecule has 1 aromatic heterocycles. The molecule has 1 amide bonds. The van der Waals surface area contributed by atoms with E-state index in [9.17, 15) is 4.79 Å². The van der Waals surface area contributed by atoms with E-state index in [1.807, 2.05) is 60.0 Å². The van der Waals surface area contributed by atoms with Gasteiger partial charge in [0.05, 0.1) is 22.9 Å². The van der Waals surface area contributed by atoms with Gasteiger partial charge in [-0.05, 0) is 29.8 Å². The van der Waals surface area contributed by atoms with Gasteiger partial charge in [0.15, 0.2) is 16.3 Å². The first-order valence-electron chi connectivity index (χ1n) is 9.26. The molecular weight excluding hydrogens is 388 g/mol. The van der Waals surface area contributed by atoms with Gasteiger partial charge < -0.3 is 18.8 Å². The van der Waals surface area contributed by atoms with E-state index < -0.39 is 0 Å². The van der Waals surface area contributed by atoms with E-state index in [4.69, 9.17) is 14.2 Å². The highest BCUT2D eigenvalue weighted by molar-refractivity contribution is 7.16. The summed E-state index contributed by atoms with van der Waals surface area (Å²) >= 11 is 1.45. The Bertz CT molecular complexity index is 1340. The zero-order valence-electron chi connectivity index (χ0n) is 16.0. The molecule has 3 aromatic carbocycles. The van der Waals surface area contributed by atoms with Crippen LogP contribution in [-0.2, 0) is 6.54 Å². The van der Waals surface area contributed by atoms with Crippen LogP contribution in [0.3, 0.4) is 0 Å². The minimum absolute atomic E-state index is 0.232. The third-order valence-electron chi connectivity index (χ3n) is 4.99. The van der Waals surface area contributed by atoms with Crippen molar-refractivity contribution in [2.24, 2.45) is 4.99 Å². The van der Waals surface area contributed by atoms with E-state index in [0.29, 0.717) is 28.4 Å². The molecule has 1 aliphatic rings. The van der Waals surface area contributed by atoms with Crippen LogP contribution in [0.15, 0.2) is 53.5 Å². The molecule has 146 valence electrons. The van der Waals surface area contributed by atoms with Gasteiger partial charge in [-0.25, -0.2) is 0 Å². The summed E-state index contributed by atoms with van der Waals surface area (Å²) in [5.74, 6) is 1.62. The van der Waals surface area contributed by atoms with Gasteiger partial charge >= 0.3 is 0 Å². The first kappa shape index (κ1) is 17.8. The van der Waals surface area contributed by atoms with E-state index in [2.05, 4.69) is 4.99 Å². The molecule has 4 aromatic rings. The predicted octanol–water partition coefficient (Wildman–Crippen LogP) is 4.35. The van der Waals surface area contributed by atoms with Gasteiger partial charge in [0.25, 0.3) is 5.91 Å². The zero-order valence-corrected chi connectivity index (χ0v) is 16.8. The molecule has 1 aliphatic heterocycles. The van der Waals surface area contributed by atoms with Crippen molar-refractivity contribution in [3.63, 3.8) is 0 Å². The molecule has 0 saturated carbocycles. The fourth-order valence-electron chi connectivity index (χ4n) is 3.55. The number of methoxy groups -OCH3 is 1. The Balaban J connectivity index is 1.66. The molecule has 0 N–H and O–H groups in total. The van der Waals surface area contributed by atoms with Crippen molar-refractivity contribution in [3.05, 3.63) is 58.9 Å². The quantitative estimate of drug-likeness (QED) is 0.507. The molecule has 5 rings (SSSR count). The summed E-state index contributed by atoms with van der Waals surface area (Å²) in [5, 5.41) is 1.98. The molecule has 2 heterocycles. The average molecular weight is 406 g/mol. The summed E-state index contributed by atoms with van der Waals surface area (Å²) in [6.07, 6.45) is 0. The molecule has 0 atom stereocenters. The third-order valence-corrected chi connectivity index (χ3v) is 6.03. The van der Waals surface area contributed by atoms with Crippen LogP contribution in [0.5, 0.6) is 17.2 Å². The van der Waals surface area contributed by atoms with Crippen LogP contribution < -0.4 is 19.0 Å². The number of fused-ring (bicyclic) bond motifs is 3. The SMILES string of the molecule is CCn1c(=NC(=O)c2cc3ccccc3cc2OC)sc2cc3c(cc21)OCO3. The lowest BCUT2D eigenvalue weighted by Crippen LogP contribution is -2.16. The minimum Gasteiger partial charge on any atom is -0.496 e. The molecule has 0 aliphatic carbocycles. The Morgan fingerprint density at radius 1 is 1.14 bits per heavy atom. The molecule has 0 fully saturated rings. The Morgan fingerprint density at radius 3 is 2.59 bits per heavy atom. The van der Waals surface area contributed by atoms with Crippen LogP contribution in [0.4, 0.5) is 0 Å². The number of rotatable bonds is 3. The van der Waals surface area contributed by atoms with E-state index in [-0.39, 0.29) is 12.7 Å². The van der Waals surface area contributed by atoms with Crippen LogP contribution in [0.1, 0.15) is 17.3 Å². The Labute approximate surface area is 170 Å². The second-order valence-corrected chi connectivity index (χ2v) is 7.63. The van der Waals surface area contributed by atoms with Crippen molar-refractivity contribution in [2.45, 2.75) is 13.5 Å². The molecular formula is C22H18N2O4S. The molecule has 29 heavy (non-hydrogen) atoms. The van der Waals surface area contributed by atoms with Crippen LogP contribution in [0.2, 0.25) is 0 Å². The fourth-order valence-corrected chi connectivity index (χ4v) is 4.66. The van der Waals surface area contributed by atoms with Crippen molar-refractivity contribution in [3.8, 4) is 17.2 Å². The molecule has 6 nitrogen and oxygen atoms in total. The Morgan fingerprint density at radius 2 is 1.86 bits per heavy atom. The lowest BCUT2D eigenvalue weighted by Gasteiger charge is -2.07. The first-order chi connectivity index (χ1) is 14.2. The van der Waals surface area contributed by atoms with Crippen molar-refractivity contribution < 1.29 is 19.0 Å². The number of nitrogens with zero attached hydrogens (tertiary/aromatic N) is 2. The van der Waals surface area contributed by atoms with Crippen LogP contribution in [-0.4, -0.2) is 24.4 Å². The number of carbonyl (C=O) groups is 1. The topological polar surface area (TPSA) is 62.1 Å². The van der Waals surface area contributed by atoms with E-state index in [1.54, 1.807) is 7.11 Å². The van der Waals surface area contributed by atoms with Crippen molar-refractivity contribution in [1.82, 2.24) is 4.57 Å². The summed E-state index contributed by atoms with van der Waals surface area (Å²) < 4.78 is 19.4. The summed E-state index contributed by atoms with van der Waals surface area (Å²) in [6, 6.07) is 15.4. The number of aromatic nitrogens is 1. The normalized spacial score (nSPS) is 13.4. The Hall–Kier alpha value is -3.32. The van der Waals surface area contributed by atoms with E-state index in [0.717, 1.165) is 26.7 Å². The lowest BCUT2D eigenvalue weighted by atomic mass is 10.1. The van der Waals surface area contributed by atoms with E-state index >= 15 is 0 Å². The molecule has 0 spiro atoms. The minimum atomic E-state index is -0.332. The maximum atomic E-state index is 13.1. The van der Waals surface area contributed by atoms with Crippen molar-refractivity contribution in [1.29, 1.82) is 0 Å². The van der Waals surface area contributed by atoms with Gasteiger partial charge in [-0.2, -0.15) is 4.99 Å². The maximum absolute atomic E-state index is 13.1. The second kappa shape index (κ2) is 6.93. The largest absolute Gasteiger partial charge is 0.496 e. The van der Waals surface area contributed by atoms with Gasteiger partial charge in [-0.15, -0.1) is 0 Å². The molecule has 0 saturated heterocycles. The fraction of sp³-hybridized carbons (Fsp3) is 0.182. The number of hydrogen-bond acceptors (Lipinski definition) is 5. The van der Waals surface area contributed by atoms with Gasteiger partial charge in [0.1, 0.15) is 5.75 Å². The van der Waals surface area contributed by atoms with E-state index in [1.165, 1.54) is 11.3 Å². The highest BCUT2D eigenvalue weighted by atomic mass is 32.1. The van der Waals surface area contributed by atoms with Gasteiger partial charge in [-0.1, -0.05) is 35.6 Å². The van der Waals surface area contributed by atoms with Crippen LogP contribution in [0.25, 0.3) is 21.0 Å². The number of aryl methyl sites for hydroxylation is 1. The molecule has 0 bridgehead atoms. The second-order valence-electron chi connectivity index (χ2n) is 6.62. The molecule has 7 heteroatoms. The predicted molar refractivity (Wildman–Crippen MR) is 112 cm³/mol. The summed E-state index contributed by atoms with van der Waals surface area (Å²) in [4.78, 5) is 18.1. The summed E-state index contributed by atoms with van der Waals surface area (Å²) in [6.45, 7) is 2.94. The molecule has 0 unspecified atom stereocenters. The summed E-state index contributed by atoms with van der Waals surface area (Å²) in [5.41, 5.74) is 1.42. The van der Waals surface area contributed by atoms with Crippen molar-refractivity contribution in [2.75, 3.05) is 13.9 Å². The smallest absolute Gasteiger partial charge is 0.283 e. The third kappa shape index (κ3) is 2.94. The number of benzene rings is 3. The maximum Gasteiger partial charge on any atom is 0.283 e. The standard InChI is InChI=1S/C22H18N2O4S/c1-3-24-16-10-18-19(28-12-27-18)11-20(16)29-22(24)23-21(25)15-8-13-6-4-5-7-14(13)9-17(15)26-2/h4-11H,3,12H2,1-2H3. The number of amides is 1. The van der Waals surface area contributed by atoms with Gasteiger partial charge in [0.2, 0.25) is 6.79 Å². The Kier molecular flexibility index (Phi) is 4.24. The monoisotopic (exact) mass is 406 g/mol. The highest BCUT2D eigenvalue weighted by Gasteiger charge is 2.18. The van der Waals surface area contributed by atoms with Crippen LogP contribution in [0, 0.1) is 0 Å². The first-order valence-corrected chi connectivity index (χ1v) is 10.1. The zero-order chi connectivity index (χ0) is 20.0. The summed E-state index contributed by atoms with van der Waals surface area (Å²) in [7, 11) is 1.56. The van der Waals surface area contributed by atoms with Gasteiger partial charge in [-0.3, -0.25) is 4.79 Å². The lowest BCUT2D eigenvalue weighted by molar-refractivity contribution is 0.0995. The number of ether oxygens (including phenoxy) is 3. The van der Waals surface area contributed by atoms with Crippen LogP contribution >= 0.6 is 11.3 Å². The van der Waals surface area contributed by atoms with Crippen molar-refractivity contribution >= 4 is 38.2 Å². The number of carbonyl (C=O) groups excluding carboxylic acids is 1. The highest BCUT2D eigenvalue weighted by Crippen LogP contribution is 2.37.